The Morgan fingerprint density at radius 1 is 1.00 bits per heavy atom. The van der Waals surface area contributed by atoms with E-state index in [0.717, 1.165) is 22.2 Å². The summed E-state index contributed by atoms with van der Waals surface area (Å²) < 4.78 is 0. The Morgan fingerprint density at radius 3 is 2.58 bits per heavy atom. The molecule has 3 aromatic rings. The van der Waals surface area contributed by atoms with Crippen molar-refractivity contribution in [2.45, 2.75) is 13.0 Å². The summed E-state index contributed by atoms with van der Waals surface area (Å²) in [6.07, 6.45) is 0.895. The third-order valence-electron chi connectivity index (χ3n) is 3.11. The lowest BCUT2D eigenvalue weighted by molar-refractivity contribution is 0.215. The number of aliphatic hydroxyl groups excluding tert-OH is 1. The average Bonchev–Trinajstić information content (AvgIpc) is 2.46. The van der Waals surface area contributed by atoms with Crippen molar-refractivity contribution >= 4 is 11.0 Å². The molecule has 0 radical (unpaired) electrons. The highest BCUT2D eigenvalue weighted by Gasteiger charge is 2.13. The van der Waals surface area contributed by atoms with E-state index in [-0.39, 0.29) is 0 Å². The summed E-state index contributed by atoms with van der Waals surface area (Å²) in [5, 5.41) is 10.4. The lowest BCUT2D eigenvalue weighted by Gasteiger charge is -2.11. The first-order valence-electron chi connectivity index (χ1n) is 6.20. The van der Waals surface area contributed by atoms with Crippen molar-refractivity contribution in [2.75, 3.05) is 0 Å². The van der Waals surface area contributed by atoms with Crippen LogP contribution in [0.1, 0.15) is 22.9 Å². The van der Waals surface area contributed by atoms with Gasteiger partial charge >= 0.3 is 0 Å². The number of aryl methyl sites for hydroxylation is 1. The highest BCUT2D eigenvalue weighted by molar-refractivity contribution is 5.73. The second-order valence-corrected chi connectivity index (χ2v) is 4.60. The molecule has 3 rings (SSSR count). The number of nitrogens with zero attached hydrogens (tertiary/aromatic N) is 2. The van der Waals surface area contributed by atoms with E-state index >= 15 is 0 Å². The summed E-state index contributed by atoms with van der Waals surface area (Å²) in [4.78, 5) is 8.80. The lowest BCUT2D eigenvalue weighted by Crippen LogP contribution is -2.03. The molecule has 0 aliphatic carbocycles. The van der Waals surface area contributed by atoms with Crippen LogP contribution in [-0.4, -0.2) is 15.1 Å². The van der Waals surface area contributed by atoms with Gasteiger partial charge < -0.3 is 5.11 Å². The fraction of sp³-hybridized carbons (Fsp3) is 0.125. The molecule has 3 heteroatoms. The zero-order valence-electron chi connectivity index (χ0n) is 10.6. The SMILES string of the molecule is Cc1cccc(C(O)c2cnc3ccccc3n2)c1. The van der Waals surface area contributed by atoms with Crippen LogP contribution in [0.15, 0.2) is 54.7 Å². The predicted octanol–water partition coefficient (Wildman–Crippen LogP) is 3.02. The Hall–Kier alpha value is -2.26. The fourth-order valence-corrected chi connectivity index (χ4v) is 2.11. The number of hydrogen-bond acceptors (Lipinski definition) is 3. The average molecular weight is 250 g/mol. The van der Waals surface area contributed by atoms with Gasteiger partial charge in [0.1, 0.15) is 6.10 Å². The number of aromatic nitrogens is 2. The molecule has 0 aliphatic heterocycles. The number of rotatable bonds is 2. The zero-order valence-corrected chi connectivity index (χ0v) is 10.6. The number of benzene rings is 2. The van der Waals surface area contributed by atoms with E-state index in [1.165, 1.54) is 0 Å². The summed E-state index contributed by atoms with van der Waals surface area (Å²) in [6, 6.07) is 15.4. The molecule has 0 saturated heterocycles. The van der Waals surface area contributed by atoms with Crippen molar-refractivity contribution in [3.05, 3.63) is 71.5 Å². The van der Waals surface area contributed by atoms with E-state index in [1.807, 2.05) is 55.5 Å². The van der Waals surface area contributed by atoms with Crippen molar-refractivity contribution in [3.8, 4) is 0 Å². The summed E-state index contributed by atoms with van der Waals surface area (Å²) in [6.45, 7) is 2.00. The van der Waals surface area contributed by atoms with Gasteiger partial charge in [-0.2, -0.15) is 0 Å². The summed E-state index contributed by atoms with van der Waals surface area (Å²) in [5.41, 5.74) is 4.16. The van der Waals surface area contributed by atoms with Crippen molar-refractivity contribution in [1.82, 2.24) is 9.97 Å². The van der Waals surface area contributed by atoms with E-state index in [2.05, 4.69) is 9.97 Å². The Balaban J connectivity index is 2.04. The van der Waals surface area contributed by atoms with Crippen LogP contribution in [0.3, 0.4) is 0 Å². The molecule has 3 nitrogen and oxygen atoms in total. The van der Waals surface area contributed by atoms with Gasteiger partial charge in [0.25, 0.3) is 0 Å². The maximum absolute atomic E-state index is 10.4. The van der Waals surface area contributed by atoms with Crippen molar-refractivity contribution in [3.63, 3.8) is 0 Å². The minimum Gasteiger partial charge on any atom is -0.382 e. The van der Waals surface area contributed by atoms with E-state index in [9.17, 15) is 5.11 Å². The van der Waals surface area contributed by atoms with Crippen LogP contribution < -0.4 is 0 Å². The summed E-state index contributed by atoms with van der Waals surface area (Å²) in [5.74, 6) is 0. The van der Waals surface area contributed by atoms with E-state index < -0.39 is 6.10 Å². The second-order valence-electron chi connectivity index (χ2n) is 4.60. The molecule has 1 unspecified atom stereocenters. The highest BCUT2D eigenvalue weighted by atomic mass is 16.3. The zero-order chi connectivity index (χ0) is 13.2. The number of para-hydroxylation sites is 2. The predicted molar refractivity (Wildman–Crippen MR) is 74.8 cm³/mol. The number of fused-ring (bicyclic) bond motifs is 1. The Morgan fingerprint density at radius 2 is 1.79 bits per heavy atom. The molecule has 0 amide bonds. The molecule has 0 aliphatic rings. The molecule has 0 spiro atoms. The van der Waals surface area contributed by atoms with Gasteiger partial charge in [0.05, 0.1) is 22.9 Å². The molecule has 1 heterocycles. The first kappa shape index (κ1) is 11.8. The van der Waals surface area contributed by atoms with Gasteiger partial charge in [-0.1, -0.05) is 42.0 Å². The van der Waals surface area contributed by atoms with Crippen LogP contribution in [0.5, 0.6) is 0 Å². The molecule has 0 bridgehead atoms. The normalized spacial score (nSPS) is 12.5. The quantitative estimate of drug-likeness (QED) is 0.760. The molecular formula is C16H14N2O. The Labute approximate surface area is 111 Å². The fourth-order valence-electron chi connectivity index (χ4n) is 2.11. The molecule has 2 aromatic carbocycles. The first-order chi connectivity index (χ1) is 9.24. The monoisotopic (exact) mass is 250 g/mol. The standard InChI is InChI=1S/C16H14N2O/c1-11-5-4-6-12(9-11)16(19)15-10-17-13-7-2-3-8-14(13)18-15/h2-10,16,19H,1H3. The van der Waals surface area contributed by atoms with Crippen molar-refractivity contribution in [2.24, 2.45) is 0 Å². The van der Waals surface area contributed by atoms with E-state index in [4.69, 9.17) is 0 Å². The second kappa shape index (κ2) is 4.78. The molecule has 19 heavy (non-hydrogen) atoms. The Kier molecular flexibility index (Phi) is 2.97. The molecule has 0 saturated carbocycles. The molecule has 1 aromatic heterocycles. The van der Waals surface area contributed by atoms with E-state index in [1.54, 1.807) is 6.20 Å². The third-order valence-corrected chi connectivity index (χ3v) is 3.11. The van der Waals surface area contributed by atoms with E-state index in [0.29, 0.717) is 5.69 Å². The van der Waals surface area contributed by atoms with Gasteiger partial charge in [-0.3, -0.25) is 4.98 Å². The minimum absolute atomic E-state index is 0.573. The maximum Gasteiger partial charge on any atom is 0.123 e. The van der Waals surface area contributed by atoms with Gasteiger partial charge in [0, 0.05) is 0 Å². The van der Waals surface area contributed by atoms with Crippen molar-refractivity contribution in [1.29, 1.82) is 0 Å². The van der Waals surface area contributed by atoms with Crippen LogP contribution >= 0.6 is 0 Å². The summed E-state index contributed by atoms with van der Waals surface area (Å²) >= 11 is 0. The largest absolute Gasteiger partial charge is 0.382 e. The van der Waals surface area contributed by atoms with Crippen LogP contribution in [0.25, 0.3) is 11.0 Å². The van der Waals surface area contributed by atoms with Crippen LogP contribution in [0, 0.1) is 6.92 Å². The first-order valence-corrected chi connectivity index (χ1v) is 6.20. The molecule has 94 valence electrons. The van der Waals surface area contributed by atoms with Gasteiger partial charge in [-0.25, -0.2) is 4.98 Å². The van der Waals surface area contributed by atoms with Gasteiger partial charge in [-0.15, -0.1) is 0 Å². The maximum atomic E-state index is 10.4. The number of hydrogen-bond donors (Lipinski definition) is 1. The molecule has 0 fully saturated rings. The molecule has 1 atom stereocenters. The summed E-state index contributed by atoms with van der Waals surface area (Å²) in [7, 11) is 0. The molecular weight excluding hydrogens is 236 g/mol. The van der Waals surface area contributed by atoms with Crippen LogP contribution in [0.4, 0.5) is 0 Å². The van der Waals surface area contributed by atoms with Gasteiger partial charge in [0.2, 0.25) is 0 Å². The highest BCUT2D eigenvalue weighted by Crippen LogP contribution is 2.22. The topological polar surface area (TPSA) is 46.0 Å². The van der Waals surface area contributed by atoms with Crippen LogP contribution in [-0.2, 0) is 0 Å². The molecule has 1 N–H and O–H groups in total. The van der Waals surface area contributed by atoms with Crippen LogP contribution in [0.2, 0.25) is 0 Å². The smallest absolute Gasteiger partial charge is 0.123 e. The lowest BCUT2D eigenvalue weighted by atomic mass is 10.0. The van der Waals surface area contributed by atoms with Gasteiger partial charge in [0.15, 0.2) is 0 Å². The minimum atomic E-state index is -0.739. The number of aliphatic hydroxyl groups is 1. The third kappa shape index (κ3) is 2.33. The van der Waals surface area contributed by atoms with Gasteiger partial charge in [-0.05, 0) is 24.6 Å². The van der Waals surface area contributed by atoms with Crippen molar-refractivity contribution < 1.29 is 5.11 Å². The Bertz CT molecular complexity index is 725.